The fraction of sp³-hybridized carbons (Fsp3) is 0.714. The summed E-state index contributed by atoms with van der Waals surface area (Å²) in [7, 11) is 0. The Morgan fingerprint density at radius 3 is 2.85 bits per heavy atom. The Hall–Kier alpha value is -1.74. The van der Waals surface area contributed by atoms with E-state index in [0.717, 1.165) is 25.9 Å². The highest BCUT2D eigenvalue weighted by Crippen LogP contribution is 2.26. The van der Waals surface area contributed by atoms with Crippen LogP contribution in [0.5, 0.6) is 0 Å². The lowest BCUT2D eigenvalue weighted by molar-refractivity contribution is -0.139. The average Bonchev–Trinajstić information content (AvgIpc) is 2.81. The molecule has 6 nitrogen and oxygen atoms in total. The molecule has 20 heavy (non-hydrogen) atoms. The molecular weight excluding hydrogens is 258 g/mol. The van der Waals surface area contributed by atoms with Crippen molar-refractivity contribution in [2.24, 2.45) is 0 Å². The van der Waals surface area contributed by atoms with Gasteiger partial charge in [-0.15, -0.1) is 12.3 Å². The normalized spacial score (nSPS) is 27.1. The number of carboxylic acids is 1. The summed E-state index contributed by atoms with van der Waals surface area (Å²) < 4.78 is 0. The molecule has 2 aliphatic rings. The molecule has 2 saturated heterocycles. The summed E-state index contributed by atoms with van der Waals surface area (Å²) in [6.07, 6.45) is 9.52. The minimum atomic E-state index is -1.11. The van der Waals surface area contributed by atoms with E-state index in [0.29, 0.717) is 6.04 Å². The Morgan fingerprint density at radius 1 is 1.35 bits per heavy atom. The van der Waals surface area contributed by atoms with Crippen LogP contribution >= 0.6 is 0 Å². The fourth-order valence-electron chi connectivity index (χ4n) is 3.10. The van der Waals surface area contributed by atoms with Crippen LogP contribution in [0.15, 0.2) is 0 Å². The molecule has 0 radical (unpaired) electrons. The van der Waals surface area contributed by atoms with Crippen molar-refractivity contribution in [2.45, 2.75) is 50.2 Å². The van der Waals surface area contributed by atoms with Crippen LogP contribution in [0.4, 0.5) is 4.79 Å². The molecule has 0 aromatic rings. The summed E-state index contributed by atoms with van der Waals surface area (Å²) in [6, 6.07) is -0.963. The molecular formula is C14H21N3O3. The number of rotatable bonds is 4. The van der Waals surface area contributed by atoms with E-state index in [4.69, 9.17) is 11.5 Å². The molecule has 0 aromatic heterocycles. The number of terminal acetylenes is 1. The highest BCUT2D eigenvalue weighted by atomic mass is 16.4. The van der Waals surface area contributed by atoms with Crippen LogP contribution in [0.25, 0.3) is 0 Å². The van der Waals surface area contributed by atoms with Crippen molar-refractivity contribution in [3.8, 4) is 12.3 Å². The predicted molar refractivity (Wildman–Crippen MR) is 74.2 cm³/mol. The number of carbonyl (C=O) groups excluding carboxylic acids is 1. The SMILES string of the molecule is C#CCC(NC(=O)NC1CCN2CCCCC12)C(=O)O. The summed E-state index contributed by atoms with van der Waals surface area (Å²) in [5.41, 5.74) is 0. The highest BCUT2D eigenvalue weighted by Gasteiger charge is 2.36. The zero-order valence-electron chi connectivity index (χ0n) is 11.5. The molecule has 6 heteroatoms. The van der Waals surface area contributed by atoms with Gasteiger partial charge in [-0.3, -0.25) is 4.90 Å². The van der Waals surface area contributed by atoms with Crippen LogP contribution in [0, 0.1) is 12.3 Å². The number of carbonyl (C=O) groups is 2. The molecule has 3 atom stereocenters. The highest BCUT2D eigenvalue weighted by molar-refractivity contribution is 5.82. The van der Waals surface area contributed by atoms with Gasteiger partial charge in [0.25, 0.3) is 0 Å². The molecule has 0 spiro atoms. The molecule has 2 amide bonds. The molecule has 2 heterocycles. The predicted octanol–water partition coefficient (Wildman–Crippen LogP) is 0.389. The zero-order valence-corrected chi connectivity index (χ0v) is 11.5. The van der Waals surface area contributed by atoms with Gasteiger partial charge >= 0.3 is 12.0 Å². The minimum absolute atomic E-state index is 0.0109. The van der Waals surface area contributed by atoms with Gasteiger partial charge in [0.1, 0.15) is 6.04 Å². The van der Waals surface area contributed by atoms with E-state index in [-0.39, 0.29) is 12.5 Å². The van der Waals surface area contributed by atoms with Crippen molar-refractivity contribution >= 4 is 12.0 Å². The van der Waals surface area contributed by atoms with E-state index in [9.17, 15) is 9.59 Å². The van der Waals surface area contributed by atoms with Crippen LogP contribution in [0.2, 0.25) is 0 Å². The first-order valence-electron chi connectivity index (χ1n) is 7.09. The summed E-state index contributed by atoms with van der Waals surface area (Å²) in [5, 5.41) is 14.3. The molecule has 2 fully saturated rings. The molecule has 3 N–H and O–H groups in total. The quantitative estimate of drug-likeness (QED) is 0.650. The summed E-state index contributed by atoms with van der Waals surface area (Å²) in [6.45, 7) is 2.10. The first kappa shape index (κ1) is 14.7. The number of nitrogens with one attached hydrogen (secondary N) is 2. The first-order valence-corrected chi connectivity index (χ1v) is 7.09. The number of carboxylic acid groups (broad SMARTS) is 1. The van der Waals surface area contributed by atoms with E-state index < -0.39 is 18.0 Å². The van der Waals surface area contributed by atoms with Gasteiger partial charge in [0.05, 0.1) is 0 Å². The largest absolute Gasteiger partial charge is 0.480 e. The maximum absolute atomic E-state index is 11.9. The van der Waals surface area contributed by atoms with E-state index in [1.165, 1.54) is 12.8 Å². The number of hydrogen-bond acceptors (Lipinski definition) is 3. The number of hydrogen-bond donors (Lipinski definition) is 3. The van der Waals surface area contributed by atoms with Gasteiger partial charge in [-0.25, -0.2) is 9.59 Å². The van der Waals surface area contributed by atoms with E-state index in [1.54, 1.807) is 0 Å². The topological polar surface area (TPSA) is 81.7 Å². The maximum atomic E-state index is 11.9. The lowest BCUT2D eigenvalue weighted by atomic mass is 9.99. The van der Waals surface area contributed by atoms with E-state index >= 15 is 0 Å². The van der Waals surface area contributed by atoms with Crippen LogP contribution in [-0.4, -0.2) is 53.2 Å². The van der Waals surface area contributed by atoms with Crippen molar-refractivity contribution in [1.82, 2.24) is 15.5 Å². The molecule has 3 unspecified atom stereocenters. The summed E-state index contributed by atoms with van der Waals surface area (Å²) in [4.78, 5) is 25.2. The lowest BCUT2D eigenvalue weighted by Crippen LogP contribution is -2.52. The Morgan fingerprint density at radius 2 is 2.15 bits per heavy atom. The Kier molecular flexibility index (Phi) is 4.85. The van der Waals surface area contributed by atoms with Gasteiger partial charge in [0, 0.05) is 25.0 Å². The number of urea groups is 1. The fourth-order valence-corrected chi connectivity index (χ4v) is 3.10. The van der Waals surface area contributed by atoms with Crippen LogP contribution in [0.3, 0.4) is 0 Å². The first-order chi connectivity index (χ1) is 9.61. The average molecular weight is 279 g/mol. The van der Waals surface area contributed by atoms with Gasteiger partial charge in [0.2, 0.25) is 0 Å². The van der Waals surface area contributed by atoms with Gasteiger partial charge in [-0.1, -0.05) is 6.42 Å². The summed E-state index contributed by atoms with van der Waals surface area (Å²) in [5.74, 6) is 1.15. The van der Waals surface area contributed by atoms with Crippen molar-refractivity contribution in [2.75, 3.05) is 13.1 Å². The van der Waals surface area contributed by atoms with E-state index in [2.05, 4.69) is 21.5 Å². The molecule has 2 rings (SSSR count). The van der Waals surface area contributed by atoms with Crippen LogP contribution in [0.1, 0.15) is 32.1 Å². The number of nitrogens with zero attached hydrogens (tertiary/aromatic N) is 1. The number of piperidine rings is 1. The minimum Gasteiger partial charge on any atom is -0.480 e. The van der Waals surface area contributed by atoms with Gasteiger partial charge in [0.15, 0.2) is 0 Å². The molecule has 0 aliphatic carbocycles. The van der Waals surface area contributed by atoms with Crippen molar-refractivity contribution in [3.05, 3.63) is 0 Å². The Labute approximate surface area is 118 Å². The third-order valence-corrected chi connectivity index (χ3v) is 4.10. The number of aliphatic carboxylic acids is 1. The smallest absolute Gasteiger partial charge is 0.327 e. The van der Waals surface area contributed by atoms with Crippen molar-refractivity contribution in [1.29, 1.82) is 0 Å². The second-order valence-electron chi connectivity index (χ2n) is 5.41. The number of fused-ring (bicyclic) bond motifs is 1. The Bertz CT molecular complexity index is 418. The maximum Gasteiger partial charge on any atom is 0.327 e. The third-order valence-electron chi connectivity index (χ3n) is 4.10. The van der Waals surface area contributed by atoms with Crippen LogP contribution < -0.4 is 10.6 Å². The molecule has 0 bridgehead atoms. The monoisotopic (exact) mass is 279 g/mol. The Balaban J connectivity index is 1.85. The summed E-state index contributed by atoms with van der Waals surface area (Å²) >= 11 is 0. The van der Waals surface area contributed by atoms with Gasteiger partial charge in [-0.05, 0) is 25.8 Å². The van der Waals surface area contributed by atoms with Gasteiger partial charge in [-0.2, -0.15) is 0 Å². The lowest BCUT2D eigenvalue weighted by Gasteiger charge is -2.32. The zero-order chi connectivity index (χ0) is 14.5. The second-order valence-corrected chi connectivity index (χ2v) is 5.41. The molecule has 0 aromatic carbocycles. The second kappa shape index (κ2) is 6.62. The third kappa shape index (κ3) is 3.42. The van der Waals surface area contributed by atoms with E-state index in [1.807, 2.05) is 0 Å². The van der Waals surface area contributed by atoms with Crippen molar-refractivity contribution in [3.63, 3.8) is 0 Å². The molecule has 0 saturated carbocycles. The van der Waals surface area contributed by atoms with Crippen LogP contribution in [-0.2, 0) is 4.79 Å². The number of amides is 2. The standard InChI is InChI=1S/C14H21N3O3/c1-2-5-11(13(18)19)16-14(20)15-10-7-9-17-8-4-3-6-12(10)17/h1,10-12H,3-9H2,(H,18,19)(H2,15,16,20). The molecule has 2 aliphatic heterocycles. The van der Waals surface area contributed by atoms with Gasteiger partial charge < -0.3 is 15.7 Å². The molecule has 110 valence electrons. The van der Waals surface area contributed by atoms with Crippen molar-refractivity contribution < 1.29 is 14.7 Å².